The van der Waals surface area contributed by atoms with E-state index in [9.17, 15) is 0 Å². The van der Waals surface area contributed by atoms with Crippen molar-refractivity contribution in [2.24, 2.45) is 11.1 Å². The maximum absolute atomic E-state index is 4.98. The van der Waals surface area contributed by atoms with Gasteiger partial charge in [0.05, 0.1) is 5.71 Å². The van der Waals surface area contributed by atoms with Gasteiger partial charge in [0.25, 0.3) is 0 Å². The molecule has 0 aromatic heterocycles. The quantitative estimate of drug-likeness (QED) is 0.674. The number of piperidine rings is 1. The van der Waals surface area contributed by atoms with Crippen LogP contribution in [0.2, 0.25) is 0 Å². The highest BCUT2D eigenvalue weighted by molar-refractivity contribution is 5.87. The molecular weight excluding hydrogens is 176 g/mol. The van der Waals surface area contributed by atoms with Crippen LogP contribution in [-0.4, -0.2) is 25.4 Å². The smallest absolute Gasteiger partial charge is 0.122 e. The molecule has 0 bridgehead atoms. The zero-order valence-corrected chi connectivity index (χ0v) is 7.90. The van der Waals surface area contributed by atoms with Crippen LogP contribution in [0.1, 0.15) is 19.3 Å². The molecule has 0 aromatic carbocycles. The lowest BCUT2D eigenvalue weighted by molar-refractivity contribution is 0.173. The summed E-state index contributed by atoms with van der Waals surface area (Å²) < 4.78 is 0. The molecule has 0 spiro atoms. The normalized spacial score (nSPS) is 24.2. The van der Waals surface area contributed by atoms with Crippen LogP contribution in [0.4, 0.5) is 0 Å². The number of hydrogen-bond acceptors (Lipinski definition) is 3. The summed E-state index contributed by atoms with van der Waals surface area (Å²) >= 11 is 0. The predicted octanol–water partition coefficient (Wildman–Crippen LogP) is 1.18. The topological polar surface area (TPSA) is 33.6 Å². The minimum atomic E-state index is 0. The van der Waals surface area contributed by atoms with Crippen molar-refractivity contribution in [3.63, 3.8) is 0 Å². The van der Waals surface area contributed by atoms with E-state index in [0.29, 0.717) is 5.92 Å². The van der Waals surface area contributed by atoms with Crippen LogP contribution < -0.4 is 5.32 Å². The van der Waals surface area contributed by atoms with Crippen LogP contribution in [-0.2, 0) is 4.84 Å². The summed E-state index contributed by atoms with van der Waals surface area (Å²) in [6, 6.07) is 0. The molecule has 1 saturated heterocycles. The second-order valence-electron chi connectivity index (χ2n) is 3.19. The molecule has 2 rings (SSSR count). The number of nitrogens with zero attached hydrogens (tertiary/aromatic N) is 1. The van der Waals surface area contributed by atoms with Gasteiger partial charge in [-0.2, -0.15) is 0 Å². The second kappa shape index (κ2) is 4.67. The van der Waals surface area contributed by atoms with Gasteiger partial charge in [0.2, 0.25) is 0 Å². The summed E-state index contributed by atoms with van der Waals surface area (Å²) in [7, 11) is 0. The number of hydrogen-bond donors (Lipinski definition) is 1. The predicted molar refractivity (Wildman–Crippen MR) is 50.8 cm³/mol. The molecule has 4 heteroatoms. The van der Waals surface area contributed by atoms with E-state index in [1.165, 1.54) is 18.6 Å². The Kier molecular flexibility index (Phi) is 3.82. The minimum Gasteiger partial charge on any atom is -0.395 e. The Labute approximate surface area is 78.9 Å². The number of oxime groups is 1. The Morgan fingerprint density at radius 3 is 2.67 bits per heavy atom. The van der Waals surface area contributed by atoms with E-state index in [-0.39, 0.29) is 12.4 Å². The fourth-order valence-corrected chi connectivity index (χ4v) is 1.76. The average molecular weight is 191 g/mol. The Morgan fingerprint density at radius 2 is 2.08 bits per heavy atom. The number of nitrogens with one attached hydrogen (secondary N) is 1. The van der Waals surface area contributed by atoms with Crippen molar-refractivity contribution < 1.29 is 4.84 Å². The Hall–Kier alpha value is -0.280. The first kappa shape index (κ1) is 9.81. The zero-order valence-electron chi connectivity index (χ0n) is 7.08. The maximum atomic E-state index is 4.98. The molecule has 12 heavy (non-hydrogen) atoms. The molecule has 0 aromatic rings. The summed E-state index contributed by atoms with van der Waals surface area (Å²) in [5.41, 5.74) is 1.30. The molecule has 0 radical (unpaired) electrons. The maximum Gasteiger partial charge on any atom is 0.122 e. The lowest BCUT2D eigenvalue weighted by atomic mass is 9.92. The van der Waals surface area contributed by atoms with E-state index in [2.05, 4.69) is 10.5 Å². The van der Waals surface area contributed by atoms with Crippen LogP contribution in [0.25, 0.3) is 0 Å². The molecule has 2 aliphatic rings. The first-order valence-corrected chi connectivity index (χ1v) is 4.36. The van der Waals surface area contributed by atoms with Gasteiger partial charge in [0.1, 0.15) is 6.61 Å². The van der Waals surface area contributed by atoms with Gasteiger partial charge in [-0.3, -0.25) is 0 Å². The van der Waals surface area contributed by atoms with Crippen LogP contribution in [0.3, 0.4) is 0 Å². The number of halogens is 1. The highest BCUT2D eigenvalue weighted by Gasteiger charge is 2.21. The Morgan fingerprint density at radius 1 is 1.33 bits per heavy atom. The zero-order chi connectivity index (χ0) is 7.52. The van der Waals surface area contributed by atoms with E-state index in [0.717, 1.165) is 26.1 Å². The fourth-order valence-electron chi connectivity index (χ4n) is 1.76. The minimum absolute atomic E-state index is 0. The largest absolute Gasteiger partial charge is 0.395 e. The van der Waals surface area contributed by atoms with Crippen LogP contribution in [0.15, 0.2) is 5.16 Å². The van der Waals surface area contributed by atoms with Gasteiger partial charge in [0, 0.05) is 12.3 Å². The van der Waals surface area contributed by atoms with Crippen LogP contribution in [0, 0.1) is 5.92 Å². The third kappa shape index (κ3) is 2.11. The van der Waals surface area contributed by atoms with Crippen LogP contribution >= 0.6 is 12.4 Å². The van der Waals surface area contributed by atoms with Crippen molar-refractivity contribution in [2.45, 2.75) is 19.3 Å². The molecule has 0 aliphatic carbocycles. The van der Waals surface area contributed by atoms with Crippen molar-refractivity contribution in [1.82, 2.24) is 5.32 Å². The first-order chi connectivity index (χ1) is 5.47. The Balaban J connectivity index is 0.000000720. The second-order valence-corrected chi connectivity index (χ2v) is 3.19. The van der Waals surface area contributed by atoms with Gasteiger partial charge >= 0.3 is 0 Å². The third-order valence-electron chi connectivity index (χ3n) is 2.44. The van der Waals surface area contributed by atoms with Crippen molar-refractivity contribution in [3.05, 3.63) is 0 Å². The van der Waals surface area contributed by atoms with Gasteiger partial charge in [-0.1, -0.05) is 5.16 Å². The van der Waals surface area contributed by atoms with E-state index in [1.807, 2.05) is 0 Å². The molecule has 0 saturated carbocycles. The summed E-state index contributed by atoms with van der Waals surface area (Å²) in [5.74, 6) is 0.707. The third-order valence-corrected chi connectivity index (χ3v) is 2.44. The SMILES string of the molecule is C1CC(C2=NOCC2)CCN1.Cl. The highest BCUT2D eigenvalue weighted by atomic mass is 35.5. The summed E-state index contributed by atoms with van der Waals surface area (Å²) in [4.78, 5) is 4.98. The van der Waals surface area contributed by atoms with Crippen molar-refractivity contribution >= 4 is 18.1 Å². The van der Waals surface area contributed by atoms with Crippen molar-refractivity contribution in [3.8, 4) is 0 Å². The molecule has 0 atom stereocenters. The monoisotopic (exact) mass is 190 g/mol. The molecule has 70 valence electrons. The lowest BCUT2D eigenvalue weighted by Crippen LogP contribution is -2.31. The molecule has 2 heterocycles. The van der Waals surface area contributed by atoms with E-state index >= 15 is 0 Å². The van der Waals surface area contributed by atoms with Gasteiger partial charge in [0.15, 0.2) is 0 Å². The Bertz CT molecular complexity index is 166. The molecule has 0 unspecified atom stereocenters. The summed E-state index contributed by atoms with van der Waals surface area (Å²) in [5, 5.41) is 7.39. The standard InChI is InChI=1S/C8H14N2O.ClH/c1-4-9-5-2-7(1)8-3-6-11-10-8;/h7,9H,1-6H2;1H. The molecule has 1 N–H and O–H groups in total. The fraction of sp³-hybridized carbons (Fsp3) is 0.875. The van der Waals surface area contributed by atoms with Crippen molar-refractivity contribution in [1.29, 1.82) is 0 Å². The molecule has 3 nitrogen and oxygen atoms in total. The highest BCUT2D eigenvalue weighted by Crippen LogP contribution is 2.18. The first-order valence-electron chi connectivity index (χ1n) is 4.36. The van der Waals surface area contributed by atoms with Gasteiger partial charge in [-0.25, -0.2) is 0 Å². The lowest BCUT2D eigenvalue weighted by Gasteiger charge is -2.21. The molecule has 0 amide bonds. The van der Waals surface area contributed by atoms with Gasteiger partial charge in [-0.15, -0.1) is 12.4 Å². The average Bonchev–Trinajstić information content (AvgIpc) is 2.58. The van der Waals surface area contributed by atoms with E-state index in [1.54, 1.807) is 0 Å². The van der Waals surface area contributed by atoms with E-state index in [4.69, 9.17) is 4.84 Å². The molecule has 2 aliphatic heterocycles. The van der Waals surface area contributed by atoms with E-state index < -0.39 is 0 Å². The van der Waals surface area contributed by atoms with Crippen molar-refractivity contribution in [2.75, 3.05) is 19.7 Å². The number of rotatable bonds is 1. The van der Waals surface area contributed by atoms with Gasteiger partial charge in [-0.05, 0) is 25.9 Å². The van der Waals surface area contributed by atoms with Gasteiger partial charge < -0.3 is 10.2 Å². The summed E-state index contributed by atoms with van der Waals surface area (Å²) in [6.45, 7) is 3.09. The summed E-state index contributed by atoms with van der Waals surface area (Å²) in [6.07, 6.45) is 3.54. The van der Waals surface area contributed by atoms with Crippen LogP contribution in [0.5, 0.6) is 0 Å². The molecule has 1 fully saturated rings. The molecular formula is C8H15ClN2O.